The molecule has 4 rings (SSSR count). The summed E-state index contributed by atoms with van der Waals surface area (Å²) in [6.07, 6.45) is 5.64. The van der Waals surface area contributed by atoms with E-state index in [0.29, 0.717) is 17.7 Å². The molecule has 1 aliphatic carbocycles. The summed E-state index contributed by atoms with van der Waals surface area (Å²) >= 11 is 0. The third-order valence-corrected chi connectivity index (χ3v) is 4.58. The second-order valence-corrected chi connectivity index (χ2v) is 6.46. The number of nitrogens with one attached hydrogen (secondary N) is 1. The molecule has 0 saturated carbocycles. The highest BCUT2D eigenvalue weighted by Crippen LogP contribution is 2.24. The molecule has 0 unspecified atom stereocenters. The average Bonchev–Trinajstić information content (AvgIpc) is 3.06. The molecular weight excluding hydrogens is 310 g/mol. The molecule has 0 atom stereocenters. The van der Waals surface area contributed by atoms with Gasteiger partial charge in [0.15, 0.2) is 0 Å². The van der Waals surface area contributed by atoms with Gasteiger partial charge in [-0.2, -0.15) is 0 Å². The average molecular weight is 331 g/mol. The second kappa shape index (κ2) is 7.03. The van der Waals surface area contributed by atoms with Crippen LogP contribution in [0.5, 0.6) is 11.6 Å². The molecule has 4 heteroatoms. The Morgan fingerprint density at radius 2 is 1.80 bits per heavy atom. The Morgan fingerprint density at radius 1 is 1.00 bits per heavy atom. The van der Waals surface area contributed by atoms with Gasteiger partial charge in [0.25, 0.3) is 0 Å². The number of ether oxygens (including phenoxy) is 1. The van der Waals surface area contributed by atoms with Crippen LogP contribution in [0.25, 0.3) is 0 Å². The minimum atomic E-state index is 0.464. The highest BCUT2D eigenvalue weighted by atomic mass is 16.5. The quantitative estimate of drug-likeness (QED) is 0.772. The fraction of sp³-hybridized carbons (Fsp3) is 0.238. The summed E-state index contributed by atoms with van der Waals surface area (Å²) in [6.45, 7) is 2.70. The Hall–Kier alpha value is -2.72. The van der Waals surface area contributed by atoms with Gasteiger partial charge in [-0.15, -0.1) is 0 Å². The van der Waals surface area contributed by atoms with E-state index >= 15 is 0 Å². The Labute approximate surface area is 147 Å². The first-order valence-electron chi connectivity index (χ1n) is 8.62. The van der Waals surface area contributed by atoms with Crippen LogP contribution in [0, 0.1) is 6.92 Å². The molecule has 0 amide bonds. The first-order chi connectivity index (χ1) is 12.3. The summed E-state index contributed by atoms with van der Waals surface area (Å²) in [4.78, 5) is 8.66. The Balaban J connectivity index is 1.42. The smallest absolute Gasteiger partial charge is 0.223 e. The molecule has 0 fully saturated rings. The molecule has 2 aromatic heterocycles. The van der Waals surface area contributed by atoms with Gasteiger partial charge in [-0.3, -0.25) is 4.98 Å². The van der Waals surface area contributed by atoms with Crippen LogP contribution in [0.1, 0.15) is 22.4 Å². The standard InChI is InChI=1S/C21H21N3O/c1-15-8-9-20(14-23-15)25-21-18(7-4-10-22-21)13-24-19-11-16-5-2-3-6-17(16)12-19/h2-10,14,19,24H,11-13H2,1H3. The molecule has 0 radical (unpaired) electrons. The zero-order valence-electron chi connectivity index (χ0n) is 14.3. The minimum Gasteiger partial charge on any atom is -0.437 e. The fourth-order valence-electron chi connectivity index (χ4n) is 3.23. The lowest BCUT2D eigenvalue weighted by atomic mass is 10.1. The van der Waals surface area contributed by atoms with Crippen LogP contribution in [-0.2, 0) is 19.4 Å². The van der Waals surface area contributed by atoms with E-state index in [1.165, 1.54) is 11.1 Å². The predicted octanol–water partition coefficient (Wildman–Crippen LogP) is 3.83. The molecule has 1 aliphatic rings. The van der Waals surface area contributed by atoms with Gasteiger partial charge < -0.3 is 10.1 Å². The second-order valence-electron chi connectivity index (χ2n) is 6.46. The summed E-state index contributed by atoms with van der Waals surface area (Å²) in [5, 5.41) is 3.64. The van der Waals surface area contributed by atoms with Crippen LogP contribution in [0.3, 0.4) is 0 Å². The molecule has 126 valence electrons. The molecule has 0 bridgehead atoms. The number of benzene rings is 1. The van der Waals surface area contributed by atoms with Gasteiger partial charge in [-0.05, 0) is 49.1 Å². The zero-order chi connectivity index (χ0) is 17.1. The van der Waals surface area contributed by atoms with Gasteiger partial charge in [-0.1, -0.05) is 30.3 Å². The molecule has 0 aliphatic heterocycles. The topological polar surface area (TPSA) is 47.0 Å². The van der Waals surface area contributed by atoms with Gasteiger partial charge in [0.2, 0.25) is 5.88 Å². The van der Waals surface area contributed by atoms with Crippen molar-refractivity contribution in [3.05, 3.63) is 83.3 Å². The van der Waals surface area contributed by atoms with E-state index in [4.69, 9.17) is 4.74 Å². The van der Waals surface area contributed by atoms with Crippen molar-refractivity contribution in [2.75, 3.05) is 0 Å². The van der Waals surface area contributed by atoms with E-state index in [1.54, 1.807) is 12.4 Å². The molecule has 2 heterocycles. The summed E-state index contributed by atoms with van der Waals surface area (Å²) in [7, 11) is 0. The van der Waals surface area contributed by atoms with E-state index in [2.05, 4.69) is 45.6 Å². The predicted molar refractivity (Wildman–Crippen MR) is 97.8 cm³/mol. The van der Waals surface area contributed by atoms with Gasteiger partial charge in [0.1, 0.15) is 5.75 Å². The van der Waals surface area contributed by atoms with Crippen LogP contribution in [-0.4, -0.2) is 16.0 Å². The van der Waals surface area contributed by atoms with Crippen LogP contribution < -0.4 is 10.1 Å². The molecule has 4 nitrogen and oxygen atoms in total. The zero-order valence-corrected chi connectivity index (χ0v) is 14.3. The SMILES string of the molecule is Cc1ccc(Oc2ncccc2CNC2Cc3ccccc3C2)cn1. The van der Waals surface area contributed by atoms with Crippen molar-refractivity contribution in [2.24, 2.45) is 0 Å². The summed E-state index contributed by atoms with van der Waals surface area (Å²) < 4.78 is 5.93. The first-order valence-corrected chi connectivity index (χ1v) is 8.62. The monoisotopic (exact) mass is 331 g/mol. The van der Waals surface area contributed by atoms with Gasteiger partial charge in [0.05, 0.1) is 6.20 Å². The normalized spacial score (nSPS) is 13.6. The van der Waals surface area contributed by atoms with E-state index in [9.17, 15) is 0 Å². The third kappa shape index (κ3) is 3.69. The lowest BCUT2D eigenvalue weighted by Crippen LogP contribution is -2.29. The van der Waals surface area contributed by atoms with Crippen LogP contribution in [0.15, 0.2) is 60.9 Å². The lowest BCUT2D eigenvalue weighted by Gasteiger charge is -2.14. The van der Waals surface area contributed by atoms with Crippen molar-refractivity contribution in [1.82, 2.24) is 15.3 Å². The van der Waals surface area contributed by atoms with Crippen molar-refractivity contribution in [3.8, 4) is 11.6 Å². The highest BCUT2D eigenvalue weighted by molar-refractivity contribution is 5.34. The molecular formula is C21H21N3O. The Morgan fingerprint density at radius 3 is 2.52 bits per heavy atom. The van der Waals surface area contributed by atoms with Gasteiger partial charge in [-0.25, -0.2) is 4.98 Å². The van der Waals surface area contributed by atoms with Crippen molar-refractivity contribution in [2.45, 2.75) is 32.4 Å². The maximum Gasteiger partial charge on any atom is 0.223 e. The highest BCUT2D eigenvalue weighted by Gasteiger charge is 2.20. The van der Waals surface area contributed by atoms with Crippen molar-refractivity contribution < 1.29 is 4.74 Å². The molecule has 3 aromatic rings. The Kier molecular flexibility index (Phi) is 4.44. The van der Waals surface area contributed by atoms with Crippen LogP contribution in [0.2, 0.25) is 0 Å². The van der Waals surface area contributed by atoms with Gasteiger partial charge in [0, 0.05) is 30.0 Å². The molecule has 0 saturated heterocycles. The maximum absolute atomic E-state index is 5.93. The molecule has 1 aromatic carbocycles. The third-order valence-electron chi connectivity index (χ3n) is 4.58. The van der Waals surface area contributed by atoms with E-state index < -0.39 is 0 Å². The summed E-state index contributed by atoms with van der Waals surface area (Å²) in [5.74, 6) is 1.34. The number of rotatable bonds is 5. The van der Waals surface area contributed by atoms with Crippen LogP contribution >= 0.6 is 0 Å². The van der Waals surface area contributed by atoms with Crippen LogP contribution in [0.4, 0.5) is 0 Å². The number of hydrogen-bond donors (Lipinski definition) is 1. The van der Waals surface area contributed by atoms with Crippen molar-refractivity contribution >= 4 is 0 Å². The summed E-state index contributed by atoms with van der Waals surface area (Å²) in [6, 6.07) is 17.0. The number of pyridine rings is 2. The van der Waals surface area contributed by atoms with E-state index in [1.807, 2.05) is 25.1 Å². The molecule has 0 spiro atoms. The number of fused-ring (bicyclic) bond motifs is 1. The van der Waals surface area contributed by atoms with E-state index in [0.717, 1.165) is 30.6 Å². The van der Waals surface area contributed by atoms with Crippen molar-refractivity contribution in [1.29, 1.82) is 0 Å². The molecule has 25 heavy (non-hydrogen) atoms. The minimum absolute atomic E-state index is 0.464. The number of nitrogens with zero attached hydrogens (tertiary/aromatic N) is 2. The number of aromatic nitrogens is 2. The Bertz CT molecular complexity index is 836. The fourth-order valence-corrected chi connectivity index (χ4v) is 3.23. The summed E-state index contributed by atoms with van der Waals surface area (Å²) in [5.41, 5.74) is 4.93. The first kappa shape index (κ1) is 15.8. The molecule has 1 N–H and O–H groups in total. The lowest BCUT2D eigenvalue weighted by molar-refractivity contribution is 0.445. The maximum atomic E-state index is 5.93. The number of aryl methyl sites for hydroxylation is 1. The number of hydrogen-bond acceptors (Lipinski definition) is 4. The van der Waals surface area contributed by atoms with Crippen molar-refractivity contribution in [3.63, 3.8) is 0 Å². The van der Waals surface area contributed by atoms with E-state index in [-0.39, 0.29) is 0 Å². The van der Waals surface area contributed by atoms with Gasteiger partial charge >= 0.3 is 0 Å². The largest absolute Gasteiger partial charge is 0.437 e.